The zero-order valence-electron chi connectivity index (χ0n) is 15.9. The van der Waals surface area contributed by atoms with Crippen LogP contribution in [0.25, 0.3) is 0 Å². The van der Waals surface area contributed by atoms with Crippen LogP contribution >= 0.6 is 0 Å². The number of hydrogen-bond acceptors (Lipinski definition) is 4. The average molecular weight is 351 g/mol. The number of carbonyl (C=O) groups excluding carboxylic acids is 1. The summed E-state index contributed by atoms with van der Waals surface area (Å²) in [6.07, 6.45) is 0.710. The van der Waals surface area contributed by atoms with E-state index in [1.54, 1.807) is 13.2 Å². The minimum absolute atomic E-state index is 0.273. The number of methoxy groups -OCH3 is 1. The predicted molar refractivity (Wildman–Crippen MR) is 99.7 cm³/mol. The highest BCUT2D eigenvalue weighted by molar-refractivity contribution is 6.69. The van der Waals surface area contributed by atoms with Crippen molar-refractivity contribution in [1.29, 1.82) is 0 Å². The van der Waals surface area contributed by atoms with Gasteiger partial charge in [-0.05, 0) is 64.2 Å². The third-order valence-corrected chi connectivity index (χ3v) is 4.27. The summed E-state index contributed by atoms with van der Waals surface area (Å²) >= 11 is 0. The van der Waals surface area contributed by atoms with Crippen LogP contribution in [0.4, 0.5) is 0 Å². The van der Waals surface area contributed by atoms with Gasteiger partial charge in [0.05, 0.1) is 12.5 Å². The zero-order chi connectivity index (χ0) is 18.5. The molecule has 2 atom stereocenters. The van der Waals surface area contributed by atoms with Gasteiger partial charge in [0.1, 0.15) is 18.0 Å². The van der Waals surface area contributed by atoms with Gasteiger partial charge in [-0.2, -0.15) is 0 Å². The molecule has 0 saturated heterocycles. The Hall–Kier alpha value is -1.59. The minimum atomic E-state index is -1.87. The lowest BCUT2D eigenvalue weighted by molar-refractivity contribution is -0.160. The molecule has 0 radical (unpaired) electrons. The Kier molecular flexibility index (Phi) is 6.81. The fourth-order valence-corrected chi connectivity index (χ4v) is 3.07. The van der Waals surface area contributed by atoms with E-state index in [1.807, 2.05) is 45.0 Å². The predicted octanol–water partition coefficient (Wildman–Crippen LogP) is 4.73. The molecule has 1 rings (SSSR count). The quantitative estimate of drug-likeness (QED) is 0.405. The van der Waals surface area contributed by atoms with Crippen molar-refractivity contribution >= 4 is 14.3 Å². The van der Waals surface area contributed by atoms with Crippen molar-refractivity contribution in [3.05, 3.63) is 42.5 Å². The summed E-state index contributed by atoms with van der Waals surface area (Å²) in [6.45, 7) is 15.7. The van der Waals surface area contributed by atoms with Gasteiger partial charge in [0, 0.05) is 0 Å². The second kappa shape index (κ2) is 7.99. The molecular formula is C19H30O4Si. The van der Waals surface area contributed by atoms with Gasteiger partial charge in [-0.15, -0.1) is 0 Å². The van der Waals surface area contributed by atoms with Gasteiger partial charge in [0.15, 0.2) is 8.32 Å². The van der Waals surface area contributed by atoms with E-state index in [9.17, 15) is 4.79 Å². The van der Waals surface area contributed by atoms with E-state index >= 15 is 0 Å². The smallest absolute Gasteiger partial charge is 0.311 e. The first-order chi connectivity index (χ1) is 11.0. The van der Waals surface area contributed by atoms with E-state index in [2.05, 4.69) is 26.2 Å². The summed E-state index contributed by atoms with van der Waals surface area (Å²) in [5, 5.41) is 0. The second-order valence-electron chi connectivity index (χ2n) is 7.78. The van der Waals surface area contributed by atoms with E-state index in [0.29, 0.717) is 0 Å². The highest BCUT2D eigenvalue weighted by Crippen LogP contribution is 2.31. The Morgan fingerprint density at radius 1 is 1.17 bits per heavy atom. The van der Waals surface area contributed by atoms with Gasteiger partial charge >= 0.3 is 5.97 Å². The SMILES string of the molecule is C=C[C@H](OC(=O)C(C)(C)C)[C@@H](O[Si](C)(C)C)c1ccc(OC)cc1. The molecule has 1 aromatic carbocycles. The highest BCUT2D eigenvalue weighted by Gasteiger charge is 2.33. The summed E-state index contributed by atoms with van der Waals surface area (Å²) < 4.78 is 17.2. The van der Waals surface area contributed by atoms with Crippen LogP contribution in [0.15, 0.2) is 36.9 Å². The zero-order valence-corrected chi connectivity index (χ0v) is 16.9. The lowest BCUT2D eigenvalue weighted by Crippen LogP contribution is -2.37. The summed E-state index contributed by atoms with van der Waals surface area (Å²) in [4.78, 5) is 12.3. The summed E-state index contributed by atoms with van der Waals surface area (Å²) in [6, 6.07) is 7.62. The molecule has 5 heteroatoms. The molecule has 134 valence electrons. The number of ether oxygens (including phenoxy) is 2. The van der Waals surface area contributed by atoms with Crippen molar-refractivity contribution in [2.24, 2.45) is 5.41 Å². The van der Waals surface area contributed by atoms with Crippen molar-refractivity contribution < 1.29 is 18.7 Å². The number of rotatable bonds is 7. The summed E-state index contributed by atoms with van der Waals surface area (Å²) in [5.74, 6) is 0.498. The molecule has 1 aromatic rings. The minimum Gasteiger partial charge on any atom is -0.497 e. The first-order valence-corrected chi connectivity index (χ1v) is 11.5. The topological polar surface area (TPSA) is 44.8 Å². The van der Waals surface area contributed by atoms with Crippen molar-refractivity contribution in [3.63, 3.8) is 0 Å². The lowest BCUT2D eigenvalue weighted by atomic mass is 9.97. The Morgan fingerprint density at radius 3 is 2.08 bits per heavy atom. The Labute approximate surface area is 146 Å². The third kappa shape index (κ3) is 6.13. The number of carbonyl (C=O) groups is 1. The molecule has 0 aliphatic carbocycles. The fraction of sp³-hybridized carbons (Fsp3) is 0.526. The van der Waals surface area contributed by atoms with E-state index in [0.717, 1.165) is 11.3 Å². The third-order valence-electron chi connectivity index (χ3n) is 3.31. The molecule has 0 spiro atoms. The van der Waals surface area contributed by atoms with Crippen molar-refractivity contribution in [3.8, 4) is 5.75 Å². The number of benzene rings is 1. The van der Waals surface area contributed by atoms with E-state index in [-0.39, 0.29) is 12.1 Å². The van der Waals surface area contributed by atoms with Crippen molar-refractivity contribution in [1.82, 2.24) is 0 Å². The lowest BCUT2D eigenvalue weighted by Gasteiger charge is -2.32. The van der Waals surface area contributed by atoms with Gasteiger partial charge in [-0.25, -0.2) is 0 Å². The van der Waals surface area contributed by atoms with Gasteiger partial charge in [-0.3, -0.25) is 4.79 Å². The van der Waals surface area contributed by atoms with Gasteiger partial charge in [0.2, 0.25) is 0 Å². The maximum absolute atomic E-state index is 12.3. The van der Waals surface area contributed by atoms with Crippen LogP contribution in [0.2, 0.25) is 19.6 Å². The maximum atomic E-state index is 12.3. The van der Waals surface area contributed by atoms with Crippen LogP contribution in [-0.2, 0) is 14.0 Å². The molecule has 0 unspecified atom stereocenters. The molecule has 0 amide bonds. The van der Waals surface area contributed by atoms with Crippen LogP contribution < -0.4 is 4.74 Å². The molecule has 0 fully saturated rings. The van der Waals surface area contributed by atoms with Crippen LogP contribution in [0.5, 0.6) is 5.75 Å². The van der Waals surface area contributed by atoms with Gasteiger partial charge in [-0.1, -0.05) is 18.7 Å². The average Bonchev–Trinajstić information content (AvgIpc) is 2.48. The maximum Gasteiger partial charge on any atom is 0.311 e. The molecule has 0 bridgehead atoms. The van der Waals surface area contributed by atoms with Gasteiger partial charge in [0.25, 0.3) is 0 Å². The molecule has 4 nitrogen and oxygen atoms in total. The molecule has 24 heavy (non-hydrogen) atoms. The summed E-state index contributed by atoms with van der Waals surface area (Å²) in [7, 11) is -0.244. The molecule has 0 N–H and O–H groups in total. The van der Waals surface area contributed by atoms with Crippen LogP contribution in [-0.4, -0.2) is 27.5 Å². The van der Waals surface area contributed by atoms with Crippen LogP contribution in [0.1, 0.15) is 32.4 Å². The largest absolute Gasteiger partial charge is 0.497 e. The Morgan fingerprint density at radius 2 is 1.71 bits per heavy atom. The number of esters is 1. The van der Waals surface area contributed by atoms with Crippen molar-refractivity contribution in [2.75, 3.05) is 7.11 Å². The van der Waals surface area contributed by atoms with Crippen LogP contribution in [0.3, 0.4) is 0 Å². The van der Waals surface area contributed by atoms with Gasteiger partial charge < -0.3 is 13.9 Å². The standard InChI is InChI=1S/C19H30O4Si/c1-9-16(22-18(20)19(2,3)4)17(23-24(6,7)8)14-10-12-15(21-5)13-11-14/h9-13,16-17H,1H2,2-8H3/t16-,17-/m0/s1. The molecule has 0 aromatic heterocycles. The van der Waals surface area contributed by atoms with Crippen LogP contribution in [0, 0.1) is 5.41 Å². The first-order valence-electron chi connectivity index (χ1n) is 8.13. The van der Waals surface area contributed by atoms with Crippen molar-refractivity contribution in [2.45, 2.75) is 52.6 Å². The highest BCUT2D eigenvalue weighted by atomic mass is 28.4. The molecule has 0 aliphatic rings. The first kappa shape index (κ1) is 20.5. The molecular weight excluding hydrogens is 320 g/mol. The fourth-order valence-electron chi connectivity index (χ4n) is 2.03. The van der Waals surface area contributed by atoms with E-state index in [4.69, 9.17) is 13.9 Å². The Bertz CT molecular complexity index is 552. The van der Waals surface area contributed by atoms with E-state index < -0.39 is 19.8 Å². The molecule has 0 aliphatic heterocycles. The molecule has 0 saturated carbocycles. The number of hydrogen-bond donors (Lipinski definition) is 0. The molecule has 0 heterocycles. The van der Waals surface area contributed by atoms with E-state index in [1.165, 1.54) is 0 Å². The Balaban J connectivity index is 3.14. The monoisotopic (exact) mass is 350 g/mol. The second-order valence-corrected chi connectivity index (χ2v) is 12.2. The normalized spacial score (nSPS) is 14.6. The summed E-state index contributed by atoms with van der Waals surface area (Å²) in [5.41, 5.74) is 0.357.